The van der Waals surface area contributed by atoms with Crippen LogP contribution in [-0.4, -0.2) is 71.2 Å². The molecule has 1 aromatic heterocycles. The molecule has 7 heteroatoms. The first-order valence-corrected chi connectivity index (χ1v) is 10.3. The molecule has 28 heavy (non-hydrogen) atoms. The van der Waals surface area contributed by atoms with E-state index in [9.17, 15) is 4.79 Å². The molecule has 150 valence electrons. The summed E-state index contributed by atoms with van der Waals surface area (Å²) >= 11 is 0. The zero-order valence-electron chi connectivity index (χ0n) is 17.1. The van der Waals surface area contributed by atoms with Gasteiger partial charge in [-0.1, -0.05) is 17.7 Å². The molecule has 0 saturated carbocycles. The summed E-state index contributed by atoms with van der Waals surface area (Å²) in [6.07, 6.45) is 2.75. The van der Waals surface area contributed by atoms with Crippen molar-refractivity contribution in [1.29, 1.82) is 0 Å². The standard InChI is InChI=1S/C21H29N5O2/c1-15-6-7-19(16(2)13-15)26-22-17(3)20(23-26)21(27)25-10-8-24(9-11-25)14-18-5-4-12-28-18/h6-7,13,18H,4-5,8-12,14H2,1-3H3/p+1/t18-/m1/s1. The topological polar surface area (TPSA) is 64.7 Å². The highest BCUT2D eigenvalue weighted by Gasteiger charge is 2.30. The van der Waals surface area contributed by atoms with E-state index in [4.69, 9.17) is 4.74 Å². The normalized spacial score (nSPS) is 20.7. The fourth-order valence-corrected chi connectivity index (χ4v) is 4.22. The fraction of sp³-hybridized carbons (Fsp3) is 0.571. The minimum Gasteiger partial charge on any atom is -0.372 e. The first-order valence-electron chi connectivity index (χ1n) is 10.3. The van der Waals surface area contributed by atoms with Crippen molar-refractivity contribution in [2.45, 2.75) is 39.7 Å². The van der Waals surface area contributed by atoms with Gasteiger partial charge in [-0.15, -0.1) is 5.10 Å². The first kappa shape index (κ1) is 19.1. The van der Waals surface area contributed by atoms with Crippen LogP contribution in [0.4, 0.5) is 0 Å². The lowest BCUT2D eigenvalue weighted by atomic mass is 10.1. The maximum absolute atomic E-state index is 13.0. The Morgan fingerprint density at radius 1 is 1.21 bits per heavy atom. The number of amides is 1. The highest BCUT2D eigenvalue weighted by molar-refractivity contribution is 5.93. The molecule has 2 aromatic rings. The number of quaternary nitrogens is 1. The zero-order chi connectivity index (χ0) is 19.7. The molecule has 1 N–H and O–H groups in total. The van der Waals surface area contributed by atoms with E-state index < -0.39 is 0 Å². The second-order valence-electron chi connectivity index (χ2n) is 8.09. The van der Waals surface area contributed by atoms with Gasteiger partial charge in [-0.3, -0.25) is 4.79 Å². The molecular formula is C21H30N5O2+. The Morgan fingerprint density at radius 2 is 2.00 bits per heavy atom. The molecule has 2 aliphatic rings. The summed E-state index contributed by atoms with van der Waals surface area (Å²) in [7, 11) is 0. The van der Waals surface area contributed by atoms with Crippen LogP contribution in [0.25, 0.3) is 5.69 Å². The first-order chi connectivity index (χ1) is 13.5. The van der Waals surface area contributed by atoms with Gasteiger partial charge in [0.15, 0.2) is 5.69 Å². The Balaban J connectivity index is 1.42. The van der Waals surface area contributed by atoms with Crippen LogP contribution in [0.2, 0.25) is 0 Å². The van der Waals surface area contributed by atoms with Crippen LogP contribution in [0.3, 0.4) is 0 Å². The van der Waals surface area contributed by atoms with Gasteiger partial charge in [0.2, 0.25) is 0 Å². The molecule has 4 rings (SSSR count). The lowest BCUT2D eigenvalue weighted by molar-refractivity contribution is -0.906. The van der Waals surface area contributed by atoms with E-state index in [0.29, 0.717) is 17.5 Å². The number of aromatic nitrogens is 3. The highest BCUT2D eigenvalue weighted by atomic mass is 16.5. The molecule has 2 fully saturated rings. The Hall–Kier alpha value is -2.25. The Labute approximate surface area is 166 Å². The molecule has 0 spiro atoms. The van der Waals surface area contributed by atoms with Crippen molar-refractivity contribution < 1.29 is 14.4 Å². The molecule has 7 nitrogen and oxygen atoms in total. The van der Waals surface area contributed by atoms with Crippen LogP contribution in [0.15, 0.2) is 18.2 Å². The Kier molecular flexibility index (Phi) is 5.46. The summed E-state index contributed by atoms with van der Waals surface area (Å²) in [5.74, 6) is -0.00955. The van der Waals surface area contributed by atoms with Crippen LogP contribution < -0.4 is 4.90 Å². The quantitative estimate of drug-likeness (QED) is 0.843. The van der Waals surface area contributed by atoms with E-state index in [2.05, 4.69) is 23.2 Å². The Bertz CT molecular complexity index is 848. The van der Waals surface area contributed by atoms with Gasteiger partial charge in [0.1, 0.15) is 12.6 Å². The third kappa shape index (κ3) is 3.95. The van der Waals surface area contributed by atoms with Crippen LogP contribution in [0.1, 0.15) is 40.2 Å². The van der Waals surface area contributed by atoms with E-state index in [0.717, 1.165) is 50.6 Å². The predicted octanol–water partition coefficient (Wildman–Crippen LogP) is 0.712. The SMILES string of the molecule is Cc1ccc(-n2nc(C)c(C(=O)N3CC[NH+](C[C@H]4CCCO4)CC3)n2)c(C)c1. The Morgan fingerprint density at radius 3 is 2.68 bits per heavy atom. The maximum Gasteiger partial charge on any atom is 0.276 e. The summed E-state index contributed by atoms with van der Waals surface area (Å²) in [5.41, 5.74) is 4.35. The molecule has 1 atom stereocenters. The summed E-state index contributed by atoms with van der Waals surface area (Å²) in [5, 5.41) is 9.04. The number of benzene rings is 1. The van der Waals surface area contributed by atoms with Crippen LogP contribution in [0, 0.1) is 20.8 Å². The number of piperazine rings is 1. The highest BCUT2D eigenvalue weighted by Crippen LogP contribution is 2.16. The van der Waals surface area contributed by atoms with Crippen LogP contribution in [0.5, 0.6) is 0 Å². The van der Waals surface area contributed by atoms with Gasteiger partial charge in [0.05, 0.1) is 37.6 Å². The largest absolute Gasteiger partial charge is 0.372 e. The number of aryl methyl sites for hydroxylation is 3. The molecule has 0 radical (unpaired) electrons. The summed E-state index contributed by atoms with van der Waals surface area (Å²) in [6.45, 7) is 11.4. The van der Waals surface area contributed by atoms with Crippen molar-refractivity contribution in [3.05, 3.63) is 40.7 Å². The molecule has 1 amide bonds. The number of carbonyl (C=O) groups excluding carboxylic acids is 1. The maximum atomic E-state index is 13.0. The molecular weight excluding hydrogens is 354 g/mol. The minimum absolute atomic E-state index is 0.00955. The van der Waals surface area contributed by atoms with E-state index in [1.807, 2.05) is 30.9 Å². The average molecular weight is 385 g/mol. The molecule has 0 aliphatic carbocycles. The van der Waals surface area contributed by atoms with Gasteiger partial charge in [0.25, 0.3) is 5.91 Å². The van der Waals surface area contributed by atoms with Gasteiger partial charge in [-0.25, -0.2) is 0 Å². The van der Waals surface area contributed by atoms with Crippen molar-refractivity contribution in [3.8, 4) is 5.69 Å². The number of nitrogens with zero attached hydrogens (tertiary/aromatic N) is 4. The molecule has 2 aliphatic heterocycles. The van der Waals surface area contributed by atoms with Gasteiger partial charge in [-0.05, 0) is 45.2 Å². The number of nitrogens with one attached hydrogen (secondary N) is 1. The number of rotatable bonds is 4. The molecule has 1 aromatic carbocycles. The minimum atomic E-state index is -0.00955. The molecule has 3 heterocycles. The predicted molar refractivity (Wildman–Crippen MR) is 106 cm³/mol. The molecule has 0 bridgehead atoms. The van der Waals surface area contributed by atoms with Gasteiger partial charge in [0, 0.05) is 6.61 Å². The van der Waals surface area contributed by atoms with E-state index in [1.54, 1.807) is 4.80 Å². The molecule has 2 saturated heterocycles. The number of carbonyl (C=O) groups is 1. The summed E-state index contributed by atoms with van der Waals surface area (Å²) in [6, 6.07) is 6.15. The second kappa shape index (κ2) is 8.01. The number of hydrogen-bond donors (Lipinski definition) is 1. The van der Waals surface area contributed by atoms with Crippen molar-refractivity contribution in [3.63, 3.8) is 0 Å². The third-order valence-corrected chi connectivity index (χ3v) is 5.85. The van der Waals surface area contributed by atoms with E-state index >= 15 is 0 Å². The smallest absolute Gasteiger partial charge is 0.276 e. The van der Waals surface area contributed by atoms with Crippen LogP contribution in [-0.2, 0) is 4.74 Å². The third-order valence-electron chi connectivity index (χ3n) is 5.85. The van der Waals surface area contributed by atoms with Crippen molar-refractivity contribution in [2.75, 3.05) is 39.3 Å². The average Bonchev–Trinajstić information content (AvgIpc) is 3.31. The van der Waals surface area contributed by atoms with Gasteiger partial charge >= 0.3 is 0 Å². The van der Waals surface area contributed by atoms with Gasteiger partial charge in [-0.2, -0.15) is 9.90 Å². The van der Waals surface area contributed by atoms with Crippen LogP contribution >= 0.6 is 0 Å². The van der Waals surface area contributed by atoms with Gasteiger partial charge < -0.3 is 14.5 Å². The lowest BCUT2D eigenvalue weighted by Crippen LogP contribution is -3.15. The molecule has 0 unspecified atom stereocenters. The van der Waals surface area contributed by atoms with Crippen molar-refractivity contribution in [1.82, 2.24) is 19.9 Å². The second-order valence-corrected chi connectivity index (χ2v) is 8.09. The summed E-state index contributed by atoms with van der Waals surface area (Å²) < 4.78 is 5.75. The number of hydrogen-bond acceptors (Lipinski definition) is 4. The van der Waals surface area contributed by atoms with Crippen molar-refractivity contribution in [2.24, 2.45) is 0 Å². The van der Waals surface area contributed by atoms with Crippen molar-refractivity contribution >= 4 is 5.91 Å². The van der Waals surface area contributed by atoms with E-state index in [-0.39, 0.29) is 5.91 Å². The zero-order valence-corrected chi connectivity index (χ0v) is 17.1. The number of ether oxygens (including phenoxy) is 1. The summed E-state index contributed by atoms with van der Waals surface area (Å²) in [4.78, 5) is 18.1. The fourth-order valence-electron chi connectivity index (χ4n) is 4.22. The van der Waals surface area contributed by atoms with E-state index in [1.165, 1.54) is 23.3 Å². The lowest BCUT2D eigenvalue weighted by Gasteiger charge is -2.32. The monoisotopic (exact) mass is 384 g/mol.